The third-order valence-electron chi connectivity index (χ3n) is 5.69. The van der Waals surface area contributed by atoms with Crippen molar-refractivity contribution in [1.82, 2.24) is 9.80 Å². The molecular formula is C20H31N3O. The summed E-state index contributed by atoms with van der Waals surface area (Å²) >= 11 is 0. The average molecular weight is 329 g/mol. The Morgan fingerprint density at radius 1 is 1.17 bits per heavy atom. The standard InChI is InChI=1S/C20H31N3O/c1-16-8-5-6-12-22(16)14-17-9-7-13-23(15-17)20(24)19(21)18-10-3-2-4-11-18/h2-4,10-11,16-17,19H,5-9,12-15,21H2,1H3/t16-,17+,19+/m1/s1. The second kappa shape index (κ2) is 8.13. The van der Waals surface area contributed by atoms with E-state index in [2.05, 4.69) is 11.8 Å². The van der Waals surface area contributed by atoms with Gasteiger partial charge in [0, 0.05) is 25.7 Å². The molecule has 2 N–H and O–H groups in total. The lowest BCUT2D eigenvalue weighted by atomic mass is 9.94. The monoisotopic (exact) mass is 329 g/mol. The lowest BCUT2D eigenvalue weighted by Crippen LogP contribution is -2.48. The normalized spacial score (nSPS) is 27.0. The lowest BCUT2D eigenvalue weighted by Gasteiger charge is -2.40. The summed E-state index contributed by atoms with van der Waals surface area (Å²) in [6.07, 6.45) is 6.32. The minimum Gasteiger partial charge on any atom is -0.341 e. The first-order valence-corrected chi connectivity index (χ1v) is 9.48. The largest absolute Gasteiger partial charge is 0.341 e. The van der Waals surface area contributed by atoms with Crippen LogP contribution in [0.25, 0.3) is 0 Å². The highest BCUT2D eigenvalue weighted by molar-refractivity contribution is 5.83. The Kier molecular flexibility index (Phi) is 5.90. The van der Waals surface area contributed by atoms with Gasteiger partial charge in [-0.3, -0.25) is 4.79 Å². The van der Waals surface area contributed by atoms with Crippen molar-refractivity contribution < 1.29 is 4.79 Å². The van der Waals surface area contributed by atoms with Crippen molar-refractivity contribution in [2.75, 3.05) is 26.2 Å². The van der Waals surface area contributed by atoms with Crippen molar-refractivity contribution in [3.05, 3.63) is 35.9 Å². The average Bonchev–Trinajstić information content (AvgIpc) is 2.63. The summed E-state index contributed by atoms with van der Waals surface area (Å²) in [5.41, 5.74) is 7.13. The zero-order valence-corrected chi connectivity index (χ0v) is 14.9. The molecule has 0 aliphatic carbocycles. The van der Waals surface area contributed by atoms with Crippen molar-refractivity contribution in [1.29, 1.82) is 0 Å². The molecule has 1 amide bonds. The highest BCUT2D eigenvalue weighted by Crippen LogP contribution is 2.24. The third kappa shape index (κ3) is 4.17. The molecular weight excluding hydrogens is 298 g/mol. The van der Waals surface area contributed by atoms with Crippen LogP contribution >= 0.6 is 0 Å². The summed E-state index contributed by atoms with van der Waals surface area (Å²) in [4.78, 5) is 17.4. The second-order valence-electron chi connectivity index (χ2n) is 7.52. The van der Waals surface area contributed by atoms with Crippen LogP contribution < -0.4 is 5.73 Å². The van der Waals surface area contributed by atoms with Crippen molar-refractivity contribution in [3.8, 4) is 0 Å². The molecule has 3 atom stereocenters. The summed E-state index contributed by atoms with van der Waals surface area (Å²) in [5, 5.41) is 0. The summed E-state index contributed by atoms with van der Waals surface area (Å²) in [7, 11) is 0. The molecule has 132 valence electrons. The number of rotatable bonds is 4. The molecule has 0 aromatic heterocycles. The third-order valence-corrected chi connectivity index (χ3v) is 5.69. The Morgan fingerprint density at radius 2 is 1.96 bits per heavy atom. The van der Waals surface area contributed by atoms with Gasteiger partial charge in [0.25, 0.3) is 0 Å². The molecule has 0 radical (unpaired) electrons. The van der Waals surface area contributed by atoms with Crippen molar-refractivity contribution >= 4 is 5.91 Å². The minimum atomic E-state index is -0.529. The summed E-state index contributed by atoms with van der Waals surface area (Å²) in [6, 6.07) is 9.89. The van der Waals surface area contributed by atoms with Gasteiger partial charge in [0.05, 0.1) is 0 Å². The molecule has 3 rings (SSSR count). The first-order chi connectivity index (χ1) is 11.6. The van der Waals surface area contributed by atoms with E-state index in [-0.39, 0.29) is 5.91 Å². The van der Waals surface area contributed by atoms with Gasteiger partial charge in [-0.05, 0) is 50.6 Å². The number of carbonyl (C=O) groups excluding carboxylic acids is 1. The topological polar surface area (TPSA) is 49.6 Å². The van der Waals surface area contributed by atoms with Gasteiger partial charge in [-0.25, -0.2) is 0 Å². The van der Waals surface area contributed by atoms with Crippen LogP contribution in [0.5, 0.6) is 0 Å². The van der Waals surface area contributed by atoms with Gasteiger partial charge < -0.3 is 15.5 Å². The Hall–Kier alpha value is -1.39. The smallest absolute Gasteiger partial charge is 0.244 e. The predicted octanol–water partition coefficient (Wildman–Crippen LogP) is 2.80. The molecule has 1 aromatic rings. The van der Waals surface area contributed by atoms with E-state index in [1.165, 1.54) is 32.2 Å². The SMILES string of the molecule is C[C@@H]1CCCCN1C[C@@H]1CCCN(C(=O)[C@@H](N)c2ccccc2)C1. The molecule has 4 heteroatoms. The number of nitrogens with zero attached hydrogens (tertiary/aromatic N) is 2. The Morgan fingerprint density at radius 3 is 2.71 bits per heavy atom. The van der Waals surface area contributed by atoms with E-state index in [4.69, 9.17) is 5.73 Å². The van der Waals surface area contributed by atoms with Crippen LogP contribution in [0.2, 0.25) is 0 Å². The number of hydrogen-bond acceptors (Lipinski definition) is 3. The van der Waals surface area contributed by atoms with Crippen LogP contribution in [0.15, 0.2) is 30.3 Å². The van der Waals surface area contributed by atoms with Gasteiger partial charge in [-0.1, -0.05) is 36.8 Å². The van der Waals surface area contributed by atoms with Crippen LogP contribution in [0, 0.1) is 5.92 Å². The predicted molar refractivity (Wildman–Crippen MR) is 97.6 cm³/mol. The fourth-order valence-corrected chi connectivity index (χ4v) is 4.17. The van der Waals surface area contributed by atoms with Gasteiger partial charge in [0.2, 0.25) is 5.91 Å². The van der Waals surface area contributed by atoms with Crippen LogP contribution in [-0.4, -0.2) is 47.9 Å². The fourth-order valence-electron chi connectivity index (χ4n) is 4.17. The van der Waals surface area contributed by atoms with Crippen molar-refractivity contribution in [2.45, 2.75) is 51.1 Å². The van der Waals surface area contributed by atoms with Crippen molar-refractivity contribution in [3.63, 3.8) is 0 Å². The summed E-state index contributed by atoms with van der Waals surface area (Å²) < 4.78 is 0. The number of benzene rings is 1. The summed E-state index contributed by atoms with van der Waals surface area (Å²) in [6.45, 7) is 6.41. The van der Waals surface area contributed by atoms with Gasteiger partial charge in [-0.2, -0.15) is 0 Å². The number of likely N-dealkylation sites (tertiary alicyclic amines) is 2. The highest BCUT2D eigenvalue weighted by Gasteiger charge is 2.30. The maximum atomic E-state index is 12.8. The highest BCUT2D eigenvalue weighted by atomic mass is 16.2. The van der Waals surface area contributed by atoms with Crippen LogP contribution in [0.4, 0.5) is 0 Å². The number of piperidine rings is 2. The first-order valence-electron chi connectivity index (χ1n) is 9.48. The molecule has 2 heterocycles. The van der Waals surface area contributed by atoms with E-state index < -0.39 is 6.04 Å². The fraction of sp³-hybridized carbons (Fsp3) is 0.650. The molecule has 0 bridgehead atoms. The second-order valence-corrected chi connectivity index (χ2v) is 7.52. The van der Waals surface area contributed by atoms with E-state index >= 15 is 0 Å². The Balaban J connectivity index is 1.57. The molecule has 0 unspecified atom stereocenters. The maximum Gasteiger partial charge on any atom is 0.244 e. The van der Waals surface area contributed by atoms with Crippen LogP contribution in [0.3, 0.4) is 0 Å². The van der Waals surface area contributed by atoms with Gasteiger partial charge in [0.15, 0.2) is 0 Å². The Labute approximate surface area is 146 Å². The molecule has 2 aliphatic rings. The van der Waals surface area contributed by atoms with E-state index in [1.807, 2.05) is 35.2 Å². The first kappa shape index (κ1) is 17.4. The molecule has 2 fully saturated rings. The van der Waals surface area contributed by atoms with Gasteiger partial charge in [-0.15, -0.1) is 0 Å². The number of hydrogen-bond donors (Lipinski definition) is 1. The van der Waals surface area contributed by atoms with Gasteiger partial charge >= 0.3 is 0 Å². The molecule has 4 nitrogen and oxygen atoms in total. The number of nitrogens with two attached hydrogens (primary N) is 1. The van der Waals surface area contributed by atoms with Crippen LogP contribution in [-0.2, 0) is 4.79 Å². The molecule has 24 heavy (non-hydrogen) atoms. The molecule has 0 spiro atoms. The molecule has 1 aromatic carbocycles. The number of amides is 1. The quantitative estimate of drug-likeness (QED) is 0.924. The van der Waals surface area contributed by atoms with E-state index in [1.54, 1.807) is 0 Å². The van der Waals surface area contributed by atoms with Crippen LogP contribution in [0.1, 0.15) is 50.6 Å². The lowest BCUT2D eigenvalue weighted by molar-refractivity contribution is -0.134. The molecule has 0 saturated carbocycles. The Bertz CT molecular complexity index is 533. The molecule has 2 saturated heterocycles. The summed E-state index contributed by atoms with van der Waals surface area (Å²) in [5.74, 6) is 0.670. The van der Waals surface area contributed by atoms with E-state index in [9.17, 15) is 4.79 Å². The molecule has 2 aliphatic heterocycles. The zero-order chi connectivity index (χ0) is 16.9. The zero-order valence-electron chi connectivity index (χ0n) is 14.9. The van der Waals surface area contributed by atoms with Crippen molar-refractivity contribution in [2.24, 2.45) is 11.7 Å². The minimum absolute atomic E-state index is 0.0811. The van der Waals surface area contributed by atoms with E-state index in [0.717, 1.165) is 31.6 Å². The van der Waals surface area contributed by atoms with E-state index in [0.29, 0.717) is 12.0 Å². The van der Waals surface area contributed by atoms with Gasteiger partial charge in [0.1, 0.15) is 6.04 Å². The maximum absolute atomic E-state index is 12.8. The number of carbonyl (C=O) groups is 1.